The first-order chi connectivity index (χ1) is 8.31. The Morgan fingerprint density at radius 3 is 3.06 bits per heavy atom. The normalized spacial score (nSPS) is 9.88. The van der Waals surface area contributed by atoms with Crippen LogP contribution >= 0.6 is 0 Å². The molecule has 2 rings (SSSR count). The Labute approximate surface area is 99.1 Å². The maximum Gasteiger partial charge on any atom is 0.213 e. The summed E-state index contributed by atoms with van der Waals surface area (Å²) in [7, 11) is 0. The highest BCUT2D eigenvalue weighted by molar-refractivity contribution is 5.38. The quantitative estimate of drug-likeness (QED) is 0.867. The van der Waals surface area contributed by atoms with Gasteiger partial charge in [-0.3, -0.25) is 0 Å². The second kappa shape index (κ2) is 5.12. The van der Waals surface area contributed by atoms with Crippen molar-refractivity contribution in [3.63, 3.8) is 0 Å². The maximum absolute atomic E-state index is 8.71. The van der Waals surface area contributed by atoms with Gasteiger partial charge in [-0.05, 0) is 12.1 Å². The third-order valence-corrected chi connectivity index (χ3v) is 2.23. The van der Waals surface area contributed by atoms with E-state index in [0.29, 0.717) is 23.9 Å². The molecule has 0 unspecified atom stereocenters. The van der Waals surface area contributed by atoms with Gasteiger partial charge < -0.3 is 9.73 Å². The summed E-state index contributed by atoms with van der Waals surface area (Å²) in [5.41, 5.74) is 0.386. The van der Waals surface area contributed by atoms with Gasteiger partial charge >= 0.3 is 0 Å². The highest BCUT2D eigenvalue weighted by atomic mass is 16.4. The van der Waals surface area contributed by atoms with Gasteiger partial charge in [-0.1, -0.05) is 13.0 Å². The largest absolute Gasteiger partial charge is 0.444 e. The summed E-state index contributed by atoms with van der Waals surface area (Å²) >= 11 is 0. The highest BCUT2D eigenvalue weighted by Gasteiger charge is 2.02. The van der Waals surface area contributed by atoms with E-state index < -0.39 is 0 Å². The number of oxazole rings is 1. The number of pyridine rings is 1. The lowest BCUT2D eigenvalue weighted by atomic mass is 10.3. The SMILES string of the molecule is CCc1cnc(CNc2cccc(C#N)n2)o1. The van der Waals surface area contributed by atoms with Crippen molar-refractivity contribution in [1.82, 2.24) is 9.97 Å². The van der Waals surface area contributed by atoms with Crippen molar-refractivity contribution in [2.75, 3.05) is 5.32 Å². The predicted octanol–water partition coefficient (Wildman–Crippen LogP) is 2.12. The van der Waals surface area contributed by atoms with Crippen molar-refractivity contribution in [3.8, 4) is 6.07 Å². The summed E-state index contributed by atoms with van der Waals surface area (Å²) < 4.78 is 5.44. The molecule has 0 aliphatic heterocycles. The molecule has 0 saturated carbocycles. The minimum absolute atomic E-state index is 0.386. The van der Waals surface area contributed by atoms with Gasteiger partial charge in [0.15, 0.2) is 0 Å². The number of aromatic nitrogens is 2. The molecule has 0 aliphatic rings. The minimum atomic E-state index is 0.386. The predicted molar refractivity (Wildman–Crippen MR) is 62.2 cm³/mol. The number of nitrogens with zero attached hydrogens (tertiary/aromatic N) is 3. The molecule has 1 N–H and O–H groups in total. The third kappa shape index (κ3) is 2.82. The van der Waals surface area contributed by atoms with E-state index >= 15 is 0 Å². The van der Waals surface area contributed by atoms with Crippen LogP contribution in [-0.4, -0.2) is 9.97 Å². The molecule has 0 saturated heterocycles. The van der Waals surface area contributed by atoms with E-state index in [0.717, 1.165) is 12.2 Å². The summed E-state index contributed by atoms with van der Waals surface area (Å²) in [5, 5.41) is 11.8. The minimum Gasteiger partial charge on any atom is -0.444 e. The fourth-order valence-corrected chi connectivity index (χ4v) is 1.35. The molecule has 2 aromatic rings. The van der Waals surface area contributed by atoms with Crippen molar-refractivity contribution in [3.05, 3.63) is 41.7 Å². The molecule has 0 fully saturated rings. The topological polar surface area (TPSA) is 74.7 Å². The van der Waals surface area contributed by atoms with E-state index in [1.54, 1.807) is 24.4 Å². The fourth-order valence-electron chi connectivity index (χ4n) is 1.35. The number of hydrogen-bond donors (Lipinski definition) is 1. The van der Waals surface area contributed by atoms with Gasteiger partial charge in [0.1, 0.15) is 23.3 Å². The first kappa shape index (κ1) is 11.1. The lowest BCUT2D eigenvalue weighted by Crippen LogP contribution is -2.02. The first-order valence-electron chi connectivity index (χ1n) is 5.36. The van der Waals surface area contributed by atoms with Crippen LogP contribution < -0.4 is 5.32 Å². The summed E-state index contributed by atoms with van der Waals surface area (Å²) in [5.74, 6) is 2.12. The van der Waals surface area contributed by atoms with E-state index in [1.807, 2.05) is 13.0 Å². The molecule has 5 heteroatoms. The molecular weight excluding hydrogens is 216 g/mol. The van der Waals surface area contributed by atoms with Crippen LogP contribution in [0.2, 0.25) is 0 Å². The van der Waals surface area contributed by atoms with Crippen LogP contribution in [0.25, 0.3) is 0 Å². The second-order valence-electron chi connectivity index (χ2n) is 3.45. The van der Waals surface area contributed by atoms with Crippen molar-refractivity contribution in [1.29, 1.82) is 5.26 Å². The molecule has 0 bridgehead atoms. The van der Waals surface area contributed by atoms with Gasteiger partial charge in [-0.2, -0.15) is 5.26 Å². The Morgan fingerprint density at radius 1 is 1.47 bits per heavy atom. The zero-order valence-electron chi connectivity index (χ0n) is 9.47. The molecular formula is C12H12N4O. The smallest absolute Gasteiger partial charge is 0.213 e. The first-order valence-corrected chi connectivity index (χ1v) is 5.36. The van der Waals surface area contributed by atoms with Crippen LogP contribution in [-0.2, 0) is 13.0 Å². The molecule has 17 heavy (non-hydrogen) atoms. The van der Waals surface area contributed by atoms with E-state index in [1.165, 1.54) is 0 Å². The van der Waals surface area contributed by atoms with E-state index in [4.69, 9.17) is 9.68 Å². The maximum atomic E-state index is 8.71. The van der Waals surface area contributed by atoms with E-state index in [9.17, 15) is 0 Å². The van der Waals surface area contributed by atoms with Crippen LogP contribution in [0, 0.1) is 11.3 Å². The molecule has 2 aromatic heterocycles. The Bertz CT molecular complexity index is 541. The van der Waals surface area contributed by atoms with E-state index in [2.05, 4.69) is 15.3 Å². The molecule has 86 valence electrons. The second-order valence-corrected chi connectivity index (χ2v) is 3.45. The molecule has 0 amide bonds. The van der Waals surface area contributed by atoms with Crippen molar-refractivity contribution in [2.45, 2.75) is 19.9 Å². The highest BCUT2D eigenvalue weighted by Crippen LogP contribution is 2.08. The Hall–Kier alpha value is -2.35. The van der Waals surface area contributed by atoms with Crippen LogP contribution in [0.4, 0.5) is 5.82 Å². The molecule has 0 aromatic carbocycles. The van der Waals surface area contributed by atoms with Gasteiger partial charge in [-0.25, -0.2) is 9.97 Å². The number of nitriles is 1. The zero-order valence-corrected chi connectivity index (χ0v) is 9.47. The molecule has 0 atom stereocenters. The molecule has 2 heterocycles. The number of anilines is 1. The van der Waals surface area contributed by atoms with Crippen molar-refractivity contribution < 1.29 is 4.42 Å². The number of rotatable bonds is 4. The molecule has 0 aliphatic carbocycles. The van der Waals surface area contributed by atoms with Crippen molar-refractivity contribution >= 4 is 5.82 Å². The summed E-state index contributed by atoms with van der Waals surface area (Å²) in [6, 6.07) is 7.22. The Balaban J connectivity index is 1.99. The van der Waals surface area contributed by atoms with Gasteiger partial charge in [0.25, 0.3) is 0 Å². The average molecular weight is 228 g/mol. The number of nitrogens with one attached hydrogen (secondary N) is 1. The lowest BCUT2D eigenvalue weighted by molar-refractivity contribution is 0.465. The Morgan fingerprint density at radius 2 is 2.35 bits per heavy atom. The van der Waals surface area contributed by atoms with Gasteiger partial charge in [0, 0.05) is 6.42 Å². The third-order valence-electron chi connectivity index (χ3n) is 2.23. The fraction of sp³-hybridized carbons (Fsp3) is 0.250. The standard InChI is InChI=1S/C12H12N4O/c1-2-10-7-15-12(17-10)8-14-11-5-3-4-9(6-13)16-11/h3-5,7H,2,8H2,1H3,(H,14,16). The van der Waals surface area contributed by atoms with Gasteiger partial charge in [0.05, 0.1) is 12.7 Å². The number of hydrogen-bond acceptors (Lipinski definition) is 5. The number of aryl methyl sites for hydroxylation is 1. The average Bonchev–Trinajstić information content (AvgIpc) is 2.84. The molecule has 5 nitrogen and oxygen atoms in total. The van der Waals surface area contributed by atoms with Gasteiger partial charge in [0.2, 0.25) is 5.89 Å². The molecule has 0 spiro atoms. The van der Waals surface area contributed by atoms with Crippen LogP contribution in [0.1, 0.15) is 24.3 Å². The van der Waals surface area contributed by atoms with Crippen LogP contribution in [0.5, 0.6) is 0 Å². The Kier molecular flexibility index (Phi) is 3.36. The van der Waals surface area contributed by atoms with Crippen LogP contribution in [0.15, 0.2) is 28.8 Å². The zero-order chi connectivity index (χ0) is 12.1. The molecule has 0 radical (unpaired) electrons. The van der Waals surface area contributed by atoms with Crippen LogP contribution in [0.3, 0.4) is 0 Å². The summed E-state index contributed by atoms with van der Waals surface area (Å²) in [6.07, 6.45) is 2.55. The van der Waals surface area contributed by atoms with E-state index in [-0.39, 0.29) is 0 Å². The lowest BCUT2D eigenvalue weighted by Gasteiger charge is -2.02. The van der Waals surface area contributed by atoms with Crippen molar-refractivity contribution in [2.24, 2.45) is 0 Å². The monoisotopic (exact) mass is 228 g/mol. The summed E-state index contributed by atoms with van der Waals surface area (Å²) in [6.45, 7) is 2.47. The summed E-state index contributed by atoms with van der Waals surface area (Å²) in [4.78, 5) is 8.21. The van der Waals surface area contributed by atoms with Gasteiger partial charge in [-0.15, -0.1) is 0 Å².